The normalized spacial score (nSPS) is 19.6. The van der Waals surface area contributed by atoms with E-state index in [1.807, 2.05) is 4.90 Å². The second kappa shape index (κ2) is 6.46. The van der Waals surface area contributed by atoms with Crippen molar-refractivity contribution in [2.75, 3.05) is 19.7 Å². The molecule has 0 radical (unpaired) electrons. The minimum atomic E-state index is -0.761. The van der Waals surface area contributed by atoms with Crippen LogP contribution in [-0.2, 0) is 4.79 Å². The van der Waals surface area contributed by atoms with Gasteiger partial charge < -0.3 is 9.84 Å². The summed E-state index contributed by atoms with van der Waals surface area (Å²) in [4.78, 5) is 12.9. The Morgan fingerprint density at radius 1 is 1.37 bits per heavy atom. The molecule has 1 saturated heterocycles. The van der Waals surface area contributed by atoms with E-state index in [9.17, 15) is 4.79 Å². The number of likely N-dealkylation sites (tertiary alicyclic amines) is 1. The minimum absolute atomic E-state index is 0.383. The van der Waals surface area contributed by atoms with Crippen molar-refractivity contribution in [3.05, 3.63) is 28.2 Å². The second-order valence-electron chi connectivity index (χ2n) is 4.49. The third kappa shape index (κ3) is 4.00. The van der Waals surface area contributed by atoms with Crippen molar-refractivity contribution < 1.29 is 14.6 Å². The van der Waals surface area contributed by atoms with Gasteiger partial charge in [-0.2, -0.15) is 0 Å². The van der Waals surface area contributed by atoms with Crippen LogP contribution in [0.2, 0.25) is 10.0 Å². The lowest BCUT2D eigenvalue weighted by Crippen LogP contribution is -2.38. The number of aliphatic carboxylic acids is 1. The molecule has 104 valence electrons. The number of rotatable bonds is 5. The summed E-state index contributed by atoms with van der Waals surface area (Å²) in [6.07, 6.45) is 1.62. The van der Waals surface area contributed by atoms with E-state index in [4.69, 9.17) is 33.0 Å². The molecule has 1 heterocycles. The van der Waals surface area contributed by atoms with Crippen LogP contribution in [0.5, 0.6) is 5.75 Å². The molecule has 0 saturated carbocycles. The van der Waals surface area contributed by atoms with Crippen LogP contribution in [0.1, 0.15) is 12.8 Å². The summed E-state index contributed by atoms with van der Waals surface area (Å²) in [7, 11) is 0. The monoisotopic (exact) mass is 303 g/mol. The van der Waals surface area contributed by atoms with Crippen molar-refractivity contribution in [3.8, 4) is 5.75 Å². The Morgan fingerprint density at radius 2 is 2.05 bits per heavy atom. The maximum Gasteiger partial charge on any atom is 0.320 e. The predicted octanol–water partition coefficient (Wildman–Crippen LogP) is 2.92. The molecule has 0 bridgehead atoms. The van der Waals surface area contributed by atoms with Crippen LogP contribution < -0.4 is 4.74 Å². The maximum absolute atomic E-state index is 11.0. The zero-order valence-electron chi connectivity index (χ0n) is 10.3. The fourth-order valence-corrected chi connectivity index (χ4v) is 2.77. The summed E-state index contributed by atoms with van der Waals surface area (Å²) < 4.78 is 5.55. The molecule has 0 aliphatic carbocycles. The Hall–Kier alpha value is -0.970. The van der Waals surface area contributed by atoms with Gasteiger partial charge in [0, 0.05) is 16.6 Å². The predicted molar refractivity (Wildman–Crippen MR) is 74.2 cm³/mol. The molecule has 1 aliphatic rings. The number of hydrogen-bond donors (Lipinski definition) is 1. The molecule has 0 amide bonds. The highest BCUT2D eigenvalue weighted by atomic mass is 35.5. The molecular weight excluding hydrogens is 289 g/mol. The fraction of sp³-hybridized carbons (Fsp3) is 0.462. The summed E-state index contributed by atoms with van der Waals surface area (Å²) in [6.45, 7) is 1.80. The van der Waals surface area contributed by atoms with E-state index in [2.05, 4.69) is 0 Å². The largest absolute Gasteiger partial charge is 0.492 e. The van der Waals surface area contributed by atoms with Gasteiger partial charge in [-0.25, -0.2) is 0 Å². The summed E-state index contributed by atoms with van der Waals surface area (Å²) in [5.41, 5.74) is 0. The van der Waals surface area contributed by atoms with Crippen molar-refractivity contribution in [1.82, 2.24) is 4.90 Å². The Labute approximate surface area is 121 Å². The molecule has 6 heteroatoms. The molecule has 1 atom stereocenters. The number of halogens is 2. The molecule has 19 heavy (non-hydrogen) atoms. The van der Waals surface area contributed by atoms with Crippen LogP contribution in [0.4, 0.5) is 0 Å². The van der Waals surface area contributed by atoms with E-state index >= 15 is 0 Å². The first-order valence-corrected chi connectivity index (χ1v) is 6.87. The molecular formula is C13H15Cl2NO3. The van der Waals surface area contributed by atoms with Gasteiger partial charge in [0.1, 0.15) is 18.4 Å². The number of carbonyl (C=O) groups is 1. The van der Waals surface area contributed by atoms with Gasteiger partial charge in [0.2, 0.25) is 0 Å². The number of benzene rings is 1. The number of nitrogens with zero attached hydrogens (tertiary/aromatic N) is 1. The zero-order chi connectivity index (χ0) is 13.8. The van der Waals surface area contributed by atoms with Gasteiger partial charge in [-0.3, -0.25) is 9.69 Å². The third-order valence-electron chi connectivity index (χ3n) is 3.13. The molecule has 0 aromatic heterocycles. The molecule has 1 aliphatic heterocycles. The van der Waals surface area contributed by atoms with Gasteiger partial charge in [0.05, 0.1) is 0 Å². The van der Waals surface area contributed by atoms with E-state index in [1.54, 1.807) is 18.2 Å². The van der Waals surface area contributed by atoms with Crippen molar-refractivity contribution in [2.45, 2.75) is 18.9 Å². The highest BCUT2D eigenvalue weighted by molar-refractivity contribution is 6.34. The van der Waals surface area contributed by atoms with Crippen LogP contribution in [0.25, 0.3) is 0 Å². The first-order chi connectivity index (χ1) is 9.06. The van der Waals surface area contributed by atoms with Crippen molar-refractivity contribution in [3.63, 3.8) is 0 Å². The molecule has 2 rings (SSSR count). The Balaban J connectivity index is 1.84. The van der Waals surface area contributed by atoms with Crippen LogP contribution >= 0.6 is 23.2 Å². The van der Waals surface area contributed by atoms with Gasteiger partial charge in [0.15, 0.2) is 0 Å². The van der Waals surface area contributed by atoms with Crippen molar-refractivity contribution in [2.24, 2.45) is 0 Å². The average molecular weight is 304 g/mol. The first kappa shape index (κ1) is 14.4. The standard InChI is InChI=1S/C13H15Cl2NO3/c14-9-6-10(15)8-11(7-9)19-5-4-16-3-1-2-12(16)13(17)18/h6-8,12H,1-5H2,(H,17,18)/t12-/m1/s1. The summed E-state index contributed by atoms with van der Waals surface area (Å²) in [5, 5.41) is 10.1. The lowest BCUT2D eigenvalue weighted by Gasteiger charge is -2.20. The van der Waals surface area contributed by atoms with E-state index in [1.165, 1.54) is 0 Å². The topological polar surface area (TPSA) is 49.8 Å². The van der Waals surface area contributed by atoms with Gasteiger partial charge in [-0.15, -0.1) is 0 Å². The molecule has 0 spiro atoms. The summed E-state index contributed by atoms with van der Waals surface area (Å²) in [6, 6.07) is 4.63. The number of hydrogen-bond acceptors (Lipinski definition) is 3. The molecule has 0 unspecified atom stereocenters. The zero-order valence-corrected chi connectivity index (χ0v) is 11.8. The first-order valence-electron chi connectivity index (χ1n) is 6.12. The van der Waals surface area contributed by atoms with E-state index in [-0.39, 0.29) is 6.04 Å². The quantitative estimate of drug-likeness (QED) is 0.908. The minimum Gasteiger partial charge on any atom is -0.492 e. The third-order valence-corrected chi connectivity index (χ3v) is 3.57. The lowest BCUT2D eigenvalue weighted by atomic mass is 10.2. The molecule has 1 N–H and O–H groups in total. The number of carboxylic acid groups (broad SMARTS) is 1. The molecule has 1 fully saturated rings. The van der Waals surface area contributed by atoms with Crippen LogP contribution in [0.15, 0.2) is 18.2 Å². The number of ether oxygens (including phenoxy) is 1. The second-order valence-corrected chi connectivity index (χ2v) is 5.36. The van der Waals surface area contributed by atoms with E-state index < -0.39 is 5.97 Å². The van der Waals surface area contributed by atoms with Crippen LogP contribution in [-0.4, -0.2) is 41.7 Å². The van der Waals surface area contributed by atoms with E-state index in [0.29, 0.717) is 35.4 Å². The van der Waals surface area contributed by atoms with Gasteiger partial charge in [-0.05, 0) is 37.6 Å². The average Bonchev–Trinajstić information content (AvgIpc) is 2.76. The van der Waals surface area contributed by atoms with Crippen LogP contribution in [0, 0.1) is 0 Å². The van der Waals surface area contributed by atoms with Gasteiger partial charge >= 0.3 is 5.97 Å². The summed E-state index contributed by atoms with van der Waals surface area (Å²) >= 11 is 11.7. The molecule has 1 aromatic carbocycles. The van der Waals surface area contributed by atoms with Crippen molar-refractivity contribution in [1.29, 1.82) is 0 Å². The highest BCUT2D eigenvalue weighted by Gasteiger charge is 2.29. The SMILES string of the molecule is O=C(O)[C@H]1CCCN1CCOc1cc(Cl)cc(Cl)c1. The van der Waals surface area contributed by atoms with E-state index in [0.717, 1.165) is 13.0 Å². The Morgan fingerprint density at radius 3 is 2.68 bits per heavy atom. The maximum atomic E-state index is 11.0. The van der Waals surface area contributed by atoms with Crippen LogP contribution in [0.3, 0.4) is 0 Å². The molecule has 1 aromatic rings. The van der Waals surface area contributed by atoms with Gasteiger partial charge in [0.25, 0.3) is 0 Å². The Bertz CT molecular complexity index is 447. The highest BCUT2D eigenvalue weighted by Crippen LogP contribution is 2.24. The Kier molecular flexibility index (Phi) is 4.91. The lowest BCUT2D eigenvalue weighted by molar-refractivity contribution is -0.142. The van der Waals surface area contributed by atoms with Gasteiger partial charge in [-0.1, -0.05) is 23.2 Å². The summed E-state index contributed by atoms with van der Waals surface area (Å²) in [5.74, 6) is -0.160. The fourth-order valence-electron chi connectivity index (χ4n) is 2.27. The van der Waals surface area contributed by atoms with Crippen molar-refractivity contribution >= 4 is 29.2 Å². The smallest absolute Gasteiger partial charge is 0.320 e. The molecule has 4 nitrogen and oxygen atoms in total. The number of carboxylic acids is 1.